The molecule has 6 heteroatoms. The first-order valence-electron chi connectivity index (χ1n) is 5.73. The van der Waals surface area contributed by atoms with Crippen molar-refractivity contribution in [3.05, 3.63) is 29.8 Å². The highest BCUT2D eigenvalue weighted by atomic mass is 32.2. The van der Waals surface area contributed by atoms with E-state index in [-0.39, 0.29) is 4.90 Å². The van der Waals surface area contributed by atoms with Gasteiger partial charge in [0.25, 0.3) is 0 Å². The van der Waals surface area contributed by atoms with E-state index in [4.69, 9.17) is 0 Å². The van der Waals surface area contributed by atoms with Crippen molar-refractivity contribution < 1.29 is 21.6 Å². The van der Waals surface area contributed by atoms with E-state index >= 15 is 0 Å². The highest BCUT2D eigenvalue weighted by Crippen LogP contribution is 2.33. The molecule has 1 aliphatic rings. The average molecular weight is 278 g/mol. The lowest BCUT2D eigenvalue weighted by molar-refractivity contribution is -0.137. The van der Waals surface area contributed by atoms with Gasteiger partial charge < -0.3 is 0 Å². The van der Waals surface area contributed by atoms with Gasteiger partial charge >= 0.3 is 6.18 Å². The number of alkyl halides is 3. The van der Waals surface area contributed by atoms with Crippen LogP contribution in [0, 0.1) is 0 Å². The van der Waals surface area contributed by atoms with Crippen molar-refractivity contribution in [2.75, 3.05) is 0 Å². The summed E-state index contributed by atoms with van der Waals surface area (Å²) in [6, 6.07) is 3.99. The summed E-state index contributed by atoms with van der Waals surface area (Å²) in [5.41, 5.74) is -0.915. The summed E-state index contributed by atoms with van der Waals surface area (Å²) >= 11 is 0. The minimum atomic E-state index is -4.51. The molecule has 0 spiro atoms. The minimum absolute atomic E-state index is 0.218. The molecular weight excluding hydrogens is 265 g/mol. The van der Waals surface area contributed by atoms with Crippen LogP contribution in [0.4, 0.5) is 13.2 Å². The molecule has 0 radical (unpaired) electrons. The van der Waals surface area contributed by atoms with Crippen LogP contribution in [-0.4, -0.2) is 13.7 Å². The molecule has 0 atom stereocenters. The van der Waals surface area contributed by atoms with Crippen LogP contribution in [0.2, 0.25) is 0 Å². The number of sulfone groups is 1. The molecule has 2 rings (SSSR count). The molecule has 100 valence electrons. The zero-order valence-electron chi connectivity index (χ0n) is 9.57. The second-order valence-corrected chi connectivity index (χ2v) is 6.71. The summed E-state index contributed by atoms with van der Waals surface area (Å²) in [4.78, 5) is -0.218. The predicted molar refractivity (Wildman–Crippen MR) is 60.9 cm³/mol. The van der Waals surface area contributed by atoms with Crippen LogP contribution in [0.3, 0.4) is 0 Å². The Hall–Kier alpha value is -1.04. The van der Waals surface area contributed by atoms with Crippen LogP contribution in [0.1, 0.15) is 31.2 Å². The summed E-state index contributed by atoms with van der Waals surface area (Å²) in [6.07, 6.45) is -1.79. The van der Waals surface area contributed by atoms with E-state index in [0.717, 1.165) is 31.0 Å². The predicted octanol–water partition coefficient (Wildman–Crippen LogP) is 3.42. The number of rotatable bonds is 2. The molecular formula is C12H13F3O2S. The van der Waals surface area contributed by atoms with Gasteiger partial charge in [-0.3, -0.25) is 0 Å². The molecule has 0 aromatic heterocycles. The smallest absolute Gasteiger partial charge is 0.223 e. The molecule has 1 aromatic rings. The van der Waals surface area contributed by atoms with E-state index in [9.17, 15) is 21.6 Å². The number of halogens is 3. The second kappa shape index (κ2) is 4.57. The Bertz CT molecular complexity index is 528. The van der Waals surface area contributed by atoms with Gasteiger partial charge in [-0.25, -0.2) is 8.42 Å². The van der Waals surface area contributed by atoms with Crippen molar-refractivity contribution in [2.24, 2.45) is 0 Å². The van der Waals surface area contributed by atoms with Gasteiger partial charge in [-0.2, -0.15) is 13.2 Å². The van der Waals surface area contributed by atoms with Crippen molar-refractivity contribution in [1.82, 2.24) is 0 Å². The van der Waals surface area contributed by atoms with E-state index in [1.807, 2.05) is 0 Å². The van der Waals surface area contributed by atoms with Crippen LogP contribution in [0.5, 0.6) is 0 Å². The molecule has 2 nitrogen and oxygen atoms in total. The Kier molecular flexibility index (Phi) is 3.40. The quantitative estimate of drug-likeness (QED) is 0.830. The van der Waals surface area contributed by atoms with Crippen molar-refractivity contribution in [2.45, 2.75) is 42.0 Å². The summed E-state index contributed by atoms with van der Waals surface area (Å²) in [6.45, 7) is 0. The molecule has 18 heavy (non-hydrogen) atoms. The SMILES string of the molecule is O=S(=O)(c1cccc(C(F)(F)F)c1)C1CCCC1. The average Bonchev–Trinajstić information content (AvgIpc) is 2.82. The fourth-order valence-electron chi connectivity index (χ4n) is 2.24. The summed E-state index contributed by atoms with van der Waals surface area (Å²) in [5.74, 6) is 0. The van der Waals surface area contributed by atoms with E-state index in [1.54, 1.807) is 0 Å². The first-order chi connectivity index (χ1) is 8.32. The third-order valence-corrected chi connectivity index (χ3v) is 5.49. The van der Waals surface area contributed by atoms with Gasteiger partial charge in [0.1, 0.15) is 0 Å². The maximum absolute atomic E-state index is 12.5. The topological polar surface area (TPSA) is 34.1 Å². The largest absolute Gasteiger partial charge is 0.416 e. The Morgan fingerprint density at radius 1 is 1.11 bits per heavy atom. The van der Waals surface area contributed by atoms with E-state index in [1.165, 1.54) is 6.07 Å². The highest BCUT2D eigenvalue weighted by Gasteiger charge is 2.34. The Labute approximate surface area is 104 Å². The van der Waals surface area contributed by atoms with Crippen LogP contribution in [-0.2, 0) is 16.0 Å². The van der Waals surface area contributed by atoms with Gasteiger partial charge in [-0.1, -0.05) is 18.9 Å². The second-order valence-electron chi connectivity index (χ2n) is 4.48. The minimum Gasteiger partial charge on any atom is -0.223 e. The van der Waals surface area contributed by atoms with E-state index < -0.39 is 26.8 Å². The van der Waals surface area contributed by atoms with Gasteiger partial charge in [0, 0.05) is 0 Å². The molecule has 0 amide bonds. The Morgan fingerprint density at radius 3 is 2.28 bits per heavy atom. The van der Waals surface area contributed by atoms with Crippen LogP contribution >= 0.6 is 0 Å². The number of benzene rings is 1. The fourth-order valence-corrected chi connectivity index (χ4v) is 4.14. The van der Waals surface area contributed by atoms with Gasteiger partial charge in [-0.15, -0.1) is 0 Å². The summed E-state index contributed by atoms with van der Waals surface area (Å²) in [7, 11) is -3.62. The molecule has 1 aliphatic carbocycles. The molecule has 1 aromatic carbocycles. The highest BCUT2D eigenvalue weighted by molar-refractivity contribution is 7.92. The number of hydrogen-bond acceptors (Lipinski definition) is 2. The third-order valence-electron chi connectivity index (χ3n) is 3.23. The van der Waals surface area contributed by atoms with Crippen LogP contribution < -0.4 is 0 Å². The zero-order chi connectivity index (χ0) is 13.4. The lowest BCUT2D eigenvalue weighted by Crippen LogP contribution is -2.18. The van der Waals surface area contributed by atoms with E-state index in [0.29, 0.717) is 12.8 Å². The summed E-state index contributed by atoms with van der Waals surface area (Å²) < 4.78 is 61.9. The normalized spacial score (nSPS) is 18.2. The lowest BCUT2D eigenvalue weighted by atomic mass is 10.2. The lowest BCUT2D eigenvalue weighted by Gasteiger charge is -2.13. The first kappa shape index (κ1) is 13.4. The van der Waals surface area contributed by atoms with E-state index in [2.05, 4.69) is 0 Å². The van der Waals surface area contributed by atoms with Gasteiger partial charge in [0.15, 0.2) is 9.84 Å². The maximum Gasteiger partial charge on any atom is 0.416 e. The van der Waals surface area contributed by atoms with Gasteiger partial charge in [0.2, 0.25) is 0 Å². The molecule has 1 fully saturated rings. The Morgan fingerprint density at radius 2 is 1.72 bits per heavy atom. The summed E-state index contributed by atoms with van der Waals surface area (Å²) in [5, 5.41) is -0.527. The zero-order valence-corrected chi connectivity index (χ0v) is 10.4. The monoisotopic (exact) mass is 278 g/mol. The molecule has 0 unspecified atom stereocenters. The van der Waals surface area contributed by atoms with Crippen LogP contribution in [0.25, 0.3) is 0 Å². The molecule has 0 bridgehead atoms. The molecule has 0 aliphatic heterocycles. The van der Waals surface area contributed by atoms with Gasteiger partial charge in [0.05, 0.1) is 15.7 Å². The number of hydrogen-bond donors (Lipinski definition) is 0. The van der Waals surface area contributed by atoms with Crippen molar-refractivity contribution in [3.8, 4) is 0 Å². The van der Waals surface area contributed by atoms with Crippen LogP contribution in [0.15, 0.2) is 29.2 Å². The fraction of sp³-hybridized carbons (Fsp3) is 0.500. The first-order valence-corrected chi connectivity index (χ1v) is 7.27. The third kappa shape index (κ3) is 2.53. The molecule has 1 saturated carbocycles. The van der Waals surface area contributed by atoms with Crippen molar-refractivity contribution >= 4 is 9.84 Å². The maximum atomic E-state index is 12.5. The standard InChI is InChI=1S/C12H13F3O2S/c13-12(14,15)9-4-3-7-11(8-9)18(16,17)10-5-1-2-6-10/h3-4,7-8,10H,1-2,5-6H2. The van der Waals surface area contributed by atoms with Crippen molar-refractivity contribution in [1.29, 1.82) is 0 Å². The Balaban J connectivity index is 2.39. The molecule has 0 heterocycles. The molecule has 0 N–H and O–H groups in total. The van der Waals surface area contributed by atoms with Gasteiger partial charge in [-0.05, 0) is 31.0 Å². The van der Waals surface area contributed by atoms with Crippen molar-refractivity contribution in [3.63, 3.8) is 0 Å². The molecule has 0 saturated heterocycles.